The van der Waals surface area contributed by atoms with Gasteiger partial charge in [0.2, 0.25) is 0 Å². The second-order valence-corrected chi connectivity index (χ2v) is 5.49. The topological polar surface area (TPSA) is 50.9 Å². The van der Waals surface area contributed by atoms with Crippen molar-refractivity contribution in [3.05, 3.63) is 72.3 Å². The predicted molar refractivity (Wildman–Crippen MR) is 90.7 cm³/mol. The maximum atomic E-state index is 10.0. The molecule has 3 aromatic carbocycles. The lowest BCUT2D eigenvalue weighted by Crippen LogP contribution is -1.99. The summed E-state index contributed by atoms with van der Waals surface area (Å²) in [6, 6.07) is 21.1. The van der Waals surface area contributed by atoms with Crippen LogP contribution in [0.5, 0.6) is 5.75 Å². The molecule has 0 aliphatic carbocycles. The van der Waals surface area contributed by atoms with Crippen molar-refractivity contribution < 1.29 is 5.11 Å². The van der Waals surface area contributed by atoms with Crippen LogP contribution >= 0.6 is 0 Å². The van der Waals surface area contributed by atoms with Gasteiger partial charge in [0.15, 0.2) is 0 Å². The van der Waals surface area contributed by atoms with Crippen molar-refractivity contribution in [3.8, 4) is 22.6 Å². The molecule has 0 aliphatic heterocycles. The number of fused-ring (bicyclic) bond motifs is 1. The first kappa shape index (κ1) is 13.5. The molecule has 0 spiro atoms. The molecular formula is C19H15N3O. The van der Waals surface area contributed by atoms with Crippen molar-refractivity contribution in [2.75, 3.05) is 0 Å². The van der Waals surface area contributed by atoms with Crippen LogP contribution in [-0.2, 0) is 0 Å². The first-order chi connectivity index (χ1) is 11.2. The molecule has 23 heavy (non-hydrogen) atoms. The summed E-state index contributed by atoms with van der Waals surface area (Å²) in [6.07, 6.45) is 0. The van der Waals surface area contributed by atoms with Crippen LogP contribution in [0.1, 0.15) is 5.56 Å². The third-order valence-electron chi connectivity index (χ3n) is 3.92. The summed E-state index contributed by atoms with van der Waals surface area (Å²) in [5, 5.41) is 19.0. The van der Waals surface area contributed by atoms with Crippen molar-refractivity contribution in [3.63, 3.8) is 0 Å². The van der Waals surface area contributed by atoms with Crippen LogP contribution in [-0.4, -0.2) is 20.1 Å². The van der Waals surface area contributed by atoms with Gasteiger partial charge in [-0.15, -0.1) is 10.2 Å². The number of hydrogen-bond acceptors (Lipinski definition) is 3. The zero-order chi connectivity index (χ0) is 15.8. The smallest absolute Gasteiger partial charge is 0.123 e. The Bertz CT molecular complexity index is 971. The zero-order valence-electron chi connectivity index (χ0n) is 12.6. The molecule has 1 N–H and O–H groups in total. The van der Waals surface area contributed by atoms with Crippen molar-refractivity contribution >= 4 is 11.0 Å². The second kappa shape index (κ2) is 5.25. The molecule has 1 aromatic heterocycles. The van der Waals surface area contributed by atoms with Gasteiger partial charge in [-0.3, -0.25) is 0 Å². The van der Waals surface area contributed by atoms with E-state index >= 15 is 0 Å². The van der Waals surface area contributed by atoms with Crippen molar-refractivity contribution in [1.82, 2.24) is 15.0 Å². The number of rotatable bonds is 2. The highest BCUT2D eigenvalue weighted by Gasteiger charge is 2.09. The van der Waals surface area contributed by atoms with Gasteiger partial charge in [-0.2, -0.15) is 4.80 Å². The Morgan fingerprint density at radius 1 is 0.783 bits per heavy atom. The number of aromatic hydroxyl groups is 1. The van der Waals surface area contributed by atoms with Gasteiger partial charge in [-0.1, -0.05) is 36.4 Å². The molecular weight excluding hydrogens is 286 g/mol. The molecule has 0 aliphatic rings. The summed E-state index contributed by atoms with van der Waals surface area (Å²) >= 11 is 0. The fraction of sp³-hybridized carbons (Fsp3) is 0.0526. The number of nitrogens with zero attached hydrogens (tertiary/aromatic N) is 3. The Morgan fingerprint density at radius 3 is 2.09 bits per heavy atom. The molecule has 4 heteroatoms. The summed E-state index contributed by atoms with van der Waals surface area (Å²) in [6.45, 7) is 2.02. The number of phenols is 1. The van der Waals surface area contributed by atoms with Gasteiger partial charge < -0.3 is 5.11 Å². The van der Waals surface area contributed by atoms with E-state index in [1.807, 2.05) is 67.6 Å². The number of para-hydroxylation sites is 1. The van der Waals surface area contributed by atoms with E-state index in [4.69, 9.17) is 0 Å². The van der Waals surface area contributed by atoms with E-state index in [9.17, 15) is 5.11 Å². The molecule has 0 fully saturated rings. The Morgan fingerprint density at radius 2 is 1.43 bits per heavy atom. The molecule has 4 aromatic rings. The number of hydrogen-bond donors (Lipinski definition) is 1. The predicted octanol–water partition coefficient (Wildman–Crippen LogP) is 4.10. The summed E-state index contributed by atoms with van der Waals surface area (Å²) in [5.41, 5.74) is 5.53. The van der Waals surface area contributed by atoms with Crippen LogP contribution in [0, 0.1) is 6.92 Å². The van der Waals surface area contributed by atoms with Gasteiger partial charge in [-0.25, -0.2) is 0 Å². The van der Waals surface area contributed by atoms with Crippen molar-refractivity contribution in [1.29, 1.82) is 0 Å². The van der Waals surface area contributed by atoms with E-state index < -0.39 is 0 Å². The quantitative estimate of drug-likeness (QED) is 0.606. The van der Waals surface area contributed by atoms with Gasteiger partial charge in [-0.05, 0) is 48.4 Å². The van der Waals surface area contributed by atoms with Crippen molar-refractivity contribution in [2.45, 2.75) is 6.92 Å². The molecule has 1 heterocycles. The Hall–Kier alpha value is -3.14. The maximum Gasteiger partial charge on any atom is 0.123 e. The fourth-order valence-corrected chi connectivity index (χ4v) is 2.75. The number of aryl methyl sites for hydroxylation is 1. The number of benzene rings is 3. The van der Waals surface area contributed by atoms with Gasteiger partial charge >= 0.3 is 0 Å². The minimum absolute atomic E-state index is 0.284. The third-order valence-corrected chi connectivity index (χ3v) is 3.92. The molecule has 0 saturated heterocycles. The normalized spacial score (nSPS) is 11.0. The first-order valence-corrected chi connectivity index (χ1v) is 7.44. The zero-order valence-corrected chi connectivity index (χ0v) is 12.6. The summed E-state index contributed by atoms with van der Waals surface area (Å²) in [5.74, 6) is 0.284. The van der Waals surface area contributed by atoms with Gasteiger partial charge in [0, 0.05) is 5.56 Å². The largest absolute Gasteiger partial charge is 0.507 e. The van der Waals surface area contributed by atoms with Crippen molar-refractivity contribution in [2.24, 2.45) is 0 Å². The maximum absolute atomic E-state index is 10.0. The minimum Gasteiger partial charge on any atom is -0.507 e. The van der Waals surface area contributed by atoms with E-state index in [0.29, 0.717) is 0 Å². The monoisotopic (exact) mass is 301 g/mol. The molecule has 0 bridgehead atoms. The van der Waals surface area contributed by atoms with E-state index in [2.05, 4.69) is 10.2 Å². The number of phenolic OH excluding ortho intramolecular Hbond substituents is 1. The third kappa shape index (κ3) is 2.34. The Kier molecular flexibility index (Phi) is 3.08. The average Bonchev–Trinajstić information content (AvgIpc) is 3.00. The average molecular weight is 301 g/mol. The molecule has 112 valence electrons. The summed E-state index contributed by atoms with van der Waals surface area (Å²) in [7, 11) is 0. The molecule has 0 unspecified atom stereocenters. The Labute approximate surface area is 133 Å². The standard InChI is InChI=1S/C19H15N3O/c1-13-12-14(22-20-17-7-3-4-8-18(17)21-22)10-11-15(13)16-6-2-5-9-19(16)23/h2-12,23H,1H3. The van der Waals surface area contributed by atoms with E-state index in [-0.39, 0.29) is 5.75 Å². The SMILES string of the molecule is Cc1cc(-n2nc3ccccc3n2)ccc1-c1ccccc1O. The van der Waals surface area contributed by atoms with Gasteiger partial charge in [0.1, 0.15) is 16.8 Å². The van der Waals surface area contributed by atoms with Crippen LogP contribution in [0.25, 0.3) is 27.8 Å². The summed E-state index contributed by atoms with van der Waals surface area (Å²) in [4.78, 5) is 1.65. The highest BCUT2D eigenvalue weighted by Crippen LogP contribution is 2.32. The lowest BCUT2D eigenvalue weighted by Gasteiger charge is -2.09. The van der Waals surface area contributed by atoms with Crippen LogP contribution in [0.3, 0.4) is 0 Å². The minimum atomic E-state index is 0.284. The highest BCUT2D eigenvalue weighted by atomic mass is 16.3. The molecule has 0 atom stereocenters. The van der Waals surface area contributed by atoms with E-state index in [1.165, 1.54) is 0 Å². The lowest BCUT2D eigenvalue weighted by molar-refractivity contribution is 0.477. The van der Waals surface area contributed by atoms with Crippen LogP contribution in [0.2, 0.25) is 0 Å². The molecule has 0 radical (unpaired) electrons. The van der Waals surface area contributed by atoms with Gasteiger partial charge in [0.25, 0.3) is 0 Å². The van der Waals surface area contributed by atoms with Gasteiger partial charge in [0.05, 0.1) is 5.69 Å². The number of aromatic nitrogens is 3. The molecule has 0 saturated carbocycles. The second-order valence-electron chi connectivity index (χ2n) is 5.49. The first-order valence-electron chi connectivity index (χ1n) is 7.44. The van der Waals surface area contributed by atoms with Crippen LogP contribution < -0.4 is 0 Å². The Balaban J connectivity index is 1.80. The van der Waals surface area contributed by atoms with Crippen LogP contribution in [0.4, 0.5) is 0 Å². The van der Waals surface area contributed by atoms with E-state index in [1.54, 1.807) is 10.9 Å². The lowest BCUT2D eigenvalue weighted by atomic mass is 9.99. The highest BCUT2D eigenvalue weighted by molar-refractivity contribution is 5.75. The van der Waals surface area contributed by atoms with E-state index in [0.717, 1.165) is 33.4 Å². The van der Waals surface area contributed by atoms with Crippen LogP contribution in [0.15, 0.2) is 66.7 Å². The molecule has 4 rings (SSSR count). The molecule has 4 nitrogen and oxygen atoms in total. The fourth-order valence-electron chi connectivity index (χ4n) is 2.75. The molecule has 0 amide bonds. The summed E-state index contributed by atoms with van der Waals surface area (Å²) < 4.78 is 0.